The summed E-state index contributed by atoms with van der Waals surface area (Å²) in [6.45, 7) is 2.02. The SMILES string of the molecule is CCOC(=O)/C=C(\c1ccc(CBr)cc1)c1ccccc1F. The fourth-order valence-electron chi connectivity index (χ4n) is 2.07. The molecule has 0 radical (unpaired) electrons. The molecule has 0 spiro atoms. The van der Waals surface area contributed by atoms with E-state index in [9.17, 15) is 9.18 Å². The first-order valence-corrected chi connectivity index (χ1v) is 8.06. The second-order valence-corrected chi connectivity index (χ2v) is 5.18. The Bertz CT molecular complexity index is 678. The van der Waals surface area contributed by atoms with E-state index in [0.29, 0.717) is 11.1 Å². The average molecular weight is 363 g/mol. The van der Waals surface area contributed by atoms with Crippen LogP contribution in [0.5, 0.6) is 0 Å². The van der Waals surface area contributed by atoms with Crippen LogP contribution in [0.4, 0.5) is 4.39 Å². The van der Waals surface area contributed by atoms with Crippen molar-refractivity contribution in [1.29, 1.82) is 0 Å². The smallest absolute Gasteiger partial charge is 0.331 e. The fourth-order valence-corrected chi connectivity index (χ4v) is 2.45. The number of alkyl halides is 1. The number of carbonyl (C=O) groups excluding carboxylic acids is 1. The number of esters is 1. The Morgan fingerprint density at radius 1 is 1.18 bits per heavy atom. The summed E-state index contributed by atoms with van der Waals surface area (Å²) in [4.78, 5) is 11.8. The molecule has 0 fully saturated rings. The normalized spacial score (nSPS) is 11.3. The molecule has 0 amide bonds. The van der Waals surface area contributed by atoms with Crippen LogP contribution >= 0.6 is 15.9 Å². The topological polar surface area (TPSA) is 26.3 Å². The first kappa shape index (κ1) is 16.4. The molecule has 0 aliphatic rings. The van der Waals surface area contributed by atoms with Crippen LogP contribution in [-0.4, -0.2) is 12.6 Å². The van der Waals surface area contributed by atoms with Crippen molar-refractivity contribution in [3.63, 3.8) is 0 Å². The van der Waals surface area contributed by atoms with Crippen LogP contribution in [0.2, 0.25) is 0 Å². The number of carbonyl (C=O) groups is 1. The van der Waals surface area contributed by atoms with Gasteiger partial charge in [0.05, 0.1) is 6.61 Å². The number of halogens is 2. The van der Waals surface area contributed by atoms with Gasteiger partial charge in [-0.2, -0.15) is 0 Å². The Hall–Kier alpha value is -1.94. The number of benzene rings is 2. The minimum absolute atomic E-state index is 0.280. The maximum Gasteiger partial charge on any atom is 0.331 e. The second-order valence-electron chi connectivity index (χ2n) is 4.62. The van der Waals surface area contributed by atoms with Crippen LogP contribution in [-0.2, 0) is 14.9 Å². The van der Waals surface area contributed by atoms with Gasteiger partial charge in [0.2, 0.25) is 0 Å². The van der Waals surface area contributed by atoms with Gasteiger partial charge in [-0.25, -0.2) is 9.18 Å². The van der Waals surface area contributed by atoms with E-state index < -0.39 is 5.97 Å². The Balaban J connectivity index is 2.50. The van der Waals surface area contributed by atoms with Gasteiger partial charge in [0.1, 0.15) is 5.82 Å². The molecule has 0 heterocycles. The minimum atomic E-state index is -0.481. The van der Waals surface area contributed by atoms with Gasteiger partial charge in [0, 0.05) is 17.0 Å². The van der Waals surface area contributed by atoms with Crippen molar-refractivity contribution in [2.45, 2.75) is 12.3 Å². The van der Waals surface area contributed by atoms with Gasteiger partial charge < -0.3 is 4.74 Å². The van der Waals surface area contributed by atoms with Crippen LogP contribution in [0.1, 0.15) is 23.6 Å². The van der Waals surface area contributed by atoms with Crippen molar-refractivity contribution < 1.29 is 13.9 Å². The predicted octanol–water partition coefficient (Wildman–Crippen LogP) is 4.72. The molecule has 114 valence electrons. The van der Waals surface area contributed by atoms with Crippen molar-refractivity contribution in [3.8, 4) is 0 Å². The molecule has 22 heavy (non-hydrogen) atoms. The molecule has 0 saturated carbocycles. The lowest BCUT2D eigenvalue weighted by Crippen LogP contribution is -2.02. The molecule has 4 heteroatoms. The second kappa shape index (κ2) is 7.90. The molecule has 2 rings (SSSR count). The molecule has 2 aromatic carbocycles. The van der Waals surface area contributed by atoms with E-state index in [-0.39, 0.29) is 12.4 Å². The van der Waals surface area contributed by atoms with Gasteiger partial charge in [-0.3, -0.25) is 0 Å². The minimum Gasteiger partial charge on any atom is -0.463 e. The van der Waals surface area contributed by atoms with Gasteiger partial charge in [-0.15, -0.1) is 0 Å². The Morgan fingerprint density at radius 2 is 1.86 bits per heavy atom. The number of hydrogen-bond donors (Lipinski definition) is 0. The number of ether oxygens (including phenoxy) is 1. The summed E-state index contributed by atoms with van der Waals surface area (Å²) in [6, 6.07) is 14.0. The highest BCUT2D eigenvalue weighted by molar-refractivity contribution is 9.08. The quantitative estimate of drug-likeness (QED) is 0.437. The molecular formula is C18H16BrFO2. The summed E-state index contributed by atoms with van der Waals surface area (Å²) in [6.07, 6.45) is 1.34. The number of hydrogen-bond acceptors (Lipinski definition) is 2. The lowest BCUT2D eigenvalue weighted by molar-refractivity contribution is -0.137. The summed E-state index contributed by atoms with van der Waals surface area (Å²) < 4.78 is 19.1. The average Bonchev–Trinajstić information content (AvgIpc) is 2.54. The highest BCUT2D eigenvalue weighted by Crippen LogP contribution is 2.26. The highest BCUT2D eigenvalue weighted by atomic mass is 79.9. The van der Waals surface area contributed by atoms with E-state index >= 15 is 0 Å². The van der Waals surface area contributed by atoms with Crippen molar-refractivity contribution in [2.75, 3.05) is 6.61 Å². The van der Waals surface area contributed by atoms with Crippen LogP contribution in [0.3, 0.4) is 0 Å². The Labute approximate surface area is 137 Å². The lowest BCUT2D eigenvalue weighted by atomic mass is 9.96. The molecular weight excluding hydrogens is 347 g/mol. The van der Waals surface area contributed by atoms with Crippen molar-refractivity contribution in [2.24, 2.45) is 0 Å². The molecule has 0 aromatic heterocycles. The first-order valence-electron chi connectivity index (χ1n) is 6.94. The largest absolute Gasteiger partial charge is 0.463 e. The lowest BCUT2D eigenvalue weighted by Gasteiger charge is -2.10. The maximum atomic E-state index is 14.1. The van der Waals surface area contributed by atoms with Gasteiger partial charge >= 0.3 is 5.97 Å². The maximum absolute atomic E-state index is 14.1. The van der Waals surface area contributed by atoms with E-state index in [1.165, 1.54) is 12.1 Å². The molecule has 0 bridgehead atoms. The molecule has 0 aliphatic heterocycles. The summed E-state index contributed by atoms with van der Waals surface area (Å²) >= 11 is 3.39. The van der Waals surface area contributed by atoms with E-state index in [1.807, 2.05) is 24.3 Å². The first-order chi connectivity index (χ1) is 10.7. The third-order valence-electron chi connectivity index (χ3n) is 3.13. The zero-order valence-corrected chi connectivity index (χ0v) is 13.8. The van der Waals surface area contributed by atoms with Crippen LogP contribution in [0.15, 0.2) is 54.6 Å². The Kier molecular flexibility index (Phi) is 5.90. The molecule has 2 aromatic rings. The van der Waals surface area contributed by atoms with Crippen molar-refractivity contribution in [3.05, 3.63) is 77.1 Å². The monoisotopic (exact) mass is 362 g/mol. The van der Waals surface area contributed by atoms with E-state index in [4.69, 9.17) is 4.74 Å². The number of rotatable bonds is 5. The predicted molar refractivity (Wildman–Crippen MR) is 89.2 cm³/mol. The zero-order valence-electron chi connectivity index (χ0n) is 12.2. The fraction of sp³-hybridized carbons (Fsp3) is 0.167. The third kappa shape index (κ3) is 4.04. The van der Waals surface area contributed by atoms with Crippen molar-refractivity contribution in [1.82, 2.24) is 0 Å². The molecule has 0 unspecified atom stereocenters. The van der Waals surface area contributed by atoms with Gasteiger partial charge in [0.15, 0.2) is 0 Å². The molecule has 0 aliphatic carbocycles. The van der Waals surface area contributed by atoms with Gasteiger partial charge in [0.25, 0.3) is 0 Å². The summed E-state index contributed by atoms with van der Waals surface area (Å²) in [5.41, 5.74) is 2.76. The summed E-state index contributed by atoms with van der Waals surface area (Å²) in [5, 5.41) is 0.740. The van der Waals surface area contributed by atoms with E-state index in [0.717, 1.165) is 16.5 Å². The van der Waals surface area contributed by atoms with E-state index in [2.05, 4.69) is 15.9 Å². The van der Waals surface area contributed by atoms with Crippen LogP contribution in [0, 0.1) is 5.82 Å². The van der Waals surface area contributed by atoms with Gasteiger partial charge in [-0.1, -0.05) is 58.4 Å². The van der Waals surface area contributed by atoms with Crippen LogP contribution < -0.4 is 0 Å². The van der Waals surface area contributed by atoms with Gasteiger partial charge in [-0.05, 0) is 29.7 Å². The standard InChI is InChI=1S/C18H16BrFO2/c1-2-22-18(21)11-16(15-5-3-4-6-17(15)20)14-9-7-13(12-19)8-10-14/h3-11H,2,12H2,1H3/b16-11+. The molecule has 0 N–H and O–H groups in total. The summed E-state index contributed by atoms with van der Waals surface area (Å²) in [5.74, 6) is -0.854. The third-order valence-corrected chi connectivity index (χ3v) is 3.78. The highest BCUT2D eigenvalue weighted by Gasteiger charge is 2.12. The van der Waals surface area contributed by atoms with Crippen molar-refractivity contribution >= 4 is 27.5 Å². The Morgan fingerprint density at radius 3 is 2.45 bits per heavy atom. The van der Waals surface area contributed by atoms with E-state index in [1.54, 1.807) is 25.1 Å². The summed E-state index contributed by atoms with van der Waals surface area (Å²) in [7, 11) is 0. The molecule has 0 atom stereocenters. The molecule has 2 nitrogen and oxygen atoms in total. The zero-order chi connectivity index (χ0) is 15.9. The molecule has 0 saturated heterocycles. The van der Waals surface area contributed by atoms with Crippen LogP contribution in [0.25, 0.3) is 5.57 Å².